The number of rotatable bonds is 1. The summed E-state index contributed by atoms with van der Waals surface area (Å²) in [4.78, 5) is 4.08. The Kier molecular flexibility index (Phi) is 3.20. The number of nitrogens with zero attached hydrogens (tertiary/aromatic N) is 1. The molecule has 7 heteroatoms. The average molecular weight is 308 g/mol. The third-order valence-electron chi connectivity index (χ3n) is 2.12. The van der Waals surface area contributed by atoms with Crippen LogP contribution in [-0.4, -0.2) is 19.0 Å². The van der Waals surface area contributed by atoms with Crippen LogP contribution in [0.1, 0.15) is 0 Å². The standard InChI is InChI=1S/C9H9BrClFN4/c10-4-3-5(11)8(6(12)7(4)13)16-9-14-1-2-15-9/h3H,1-2,13H2,(H2,14,15,16). The van der Waals surface area contributed by atoms with E-state index in [1.165, 1.54) is 6.07 Å². The van der Waals surface area contributed by atoms with Crippen LogP contribution < -0.4 is 16.4 Å². The summed E-state index contributed by atoms with van der Waals surface area (Å²) >= 11 is 9.04. The van der Waals surface area contributed by atoms with Crippen molar-refractivity contribution in [3.8, 4) is 0 Å². The van der Waals surface area contributed by atoms with Crippen LogP contribution in [-0.2, 0) is 0 Å². The molecule has 0 amide bonds. The number of aliphatic imine (C=N–C) groups is 1. The van der Waals surface area contributed by atoms with E-state index < -0.39 is 5.82 Å². The van der Waals surface area contributed by atoms with Gasteiger partial charge in [-0.2, -0.15) is 0 Å². The van der Waals surface area contributed by atoms with Gasteiger partial charge in [0.1, 0.15) is 0 Å². The number of nitrogens with one attached hydrogen (secondary N) is 2. The molecule has 4 nitrogen and oxygen atoms in total. The van der Waals surface area contributed by atoms with Crippen molar-refractivity contribution < 1.29 is 4.39 Å². The quantitative estimate of drug-likeness (QED) is 0.697. The van der Waals surface area contributed by atoms with Crippen molar-refractivity contribution in [2.75, 3.05) is 24.1 Å². The van der Waals surface area contributed by atoms with E-state index in [1.54, 1.807) is 0 Å². The van der Waals surface area contributed by atoms with Gasteiger partial charge in [-0.15, -0.1) is 0 Å². The summed E-state index contributed by atoms with van der Waals surface area (Å²) in [7, 11) is 0. The van der Waals surface area contributed by atoms with Crippen molar-refractivity contribution in [1.29, 1.82) is 0 Å². The smallest absolute Gasteiger partial charge is 0.196 e. The number of nitrogens with two attached hydrogens (primary N) is 1. The van der Waals surface area contributed by atoms with Crippen LogP contribution in [0.4, 0.5) is 15.8 Å². The molecule has 1 heterocycles. The van der Waals surface area contributed by atoms with E-state index >= 15 is 0 Å². The van der Waals surface area contributed by atoms with Crippen LogP contribution in [0, 0.1) is 5.82 Å². The fraction of sp³-hybridized carbons (Fsp3) is 0.222. The topological polar surface area (TPSA) is 62.4 Å². The lowest BCUT2D eigenvalue weighted by molar-refractivity contribution is 0.636. The number of hydrogen-bond acceptors (Lipinski definition) is 4. The van der Waals surface area contributed by atoms with Gasteiger partial charge in [-0.1, -0.05) is 11.6 Å². The first kappa shape index (κ1) is 11.5. The lowest BCUT2D eigenvalue weighted by Crippen LogP contribution is -2.27. The van der Waals surface area contributed by atoms with Gasteiger partial charge in [0.15, 0.2) is 11.8 Å². The van der Waals surface area contributed by atoms with Crippen LogP contribution >= 0.6 is 27.5 Å². The van der Waals surface area contributed by atoms with Crippen LogP contribution in [0.2, 0.25) is 5.02 Å². The van der Waals surface area contributed by atoms with Crippen molar-refractivity contribution in [3.63, 3.8) is 0 Å². The van der Waals surface area contributed by atoms with E-state index in [0.717, 1.165) is 6.54 Å². The highest BCUT2D eigenvalue weighted by Gasteiger charge is 2.16. The summed E-state index contributed by atoms with van der Waals surface area (Å²) in [5.74, 6) is -0.0849. The van der Waals surface area contributed by atoms with Crippen molar-refractivity contribution in [2.45, 2.75) is 0 Å². The maximum absolute atomic E-state index is 13.8. The zero-order chi connectivity index (χ0) is 11.7. The number of benzene rings is 1. The molecule has 1 aliphatic heterocycles. The van der Waals surface area contributed by atoms with Crippen molar-refractivity contribution >= 4 is 44.9 Å². The highest BCUT2D eigenvalue weighted by Crippen LogP contribution is 2.34. The van der Waals surface area contributed by atoms with Gasteiger partial charge in [0.25, 0.3) is 0 Å². The first-order chi connectivity index (χ1) is 7.59. The summed E-state index contributed by atoms with van der Waals surface area (Å²) in [6, 6.07) is 1.54. The van der Waals surface area contributed by atoms with E-state index in [-0.39, 0.29) is 16.4 Å². The highest BCUT2D eigenvalue weighted by molar-refractivity contribution is 9.10. The molecule has 0 radical (unpaired) electrons. The van der Waals surface area contributed by atoms with Gasteiger partial charge in [0.2, 0.25) is 0 Å². The molecular weight excluding hydrogens is 298 g/mol. The van der Waals surface area contributed by atoms with Gasteiger partial charge in [0.05, 0.1) is 22.9 Å². The molecular formula is C9H9BrClFN4. The molecule has 0 spiro atoms. The molecule has 0 unspecified atom stereocenters. The molecule has 0 fully saturated rings. The molecule has 0 atom stereocenters. The molecule has 0 saturated carbocycles. The Morgan fingerprint density at radius 3 is 3.00 bits per heavy atom. The monoisotopic (exact) mass is 306 g/mol. The maximum Gasteiger partial charge on any atom is 0.196 e. The SMILES string of the molecule is Nc1c(Br)cc(Cl)c(NC2=NCCN2)c1F. The number of anilines is 2. The molecule has 1 aromatic carbocycles. The van der Waals surface area contributed by atoms with E-state index in [9.17, 15) is 4.39 Å². The van der Waals surface area contributed by atoms with Crippen molar-refractivity contribution in [3.05, 3.63) is 21.4 Å². The minimum absolute atomic E-state index is 0.0190. The Bertz CT molecular complexity index is 463. The van der Waals surface area contributed by atoms with E-state index in [1.807, 2.05) is 0 Å². The Balaban J connectivity index is 2.36. The first-order valence-corrected chi connectivity index (χ1v) is 5.75. The largest absolute Gasteiger partial charge is 0.395 e. The van der Waals surface area contributed by atoms with E-state index in [0.29, 0.717) is 17.0 Å². The normalized spacial score (nSPS) is 14.6. The Morgan fingerprint density at radius 1 is 1.62 bits per heavy atom. The second-order valence-corrected chi connectivity index (χ2v) is 4.49. The Morgan fingerprint density at radius 2 is 2.38 bits per heavy atom. The van der Waals surface area contributed by atoms with Crippen LogP contribution in [0.5, 0.6) is 0 Å². The number of hydrogen-bond donors (Lipinski definition) is 3. The molecule has 0 saturated heterocycles. The fourth-order valence-electron chi connectivity index (χ4n) is 1.32. The zero-order valence-electron chi connectivity index (χ0n) is 8.15. The minimum Gasteiger partial charge on any atom is -0.395 e. The van der Waals surface area contributed by atoms with Gasteiger partial charge in [-0.25, -0.2) is 4.39 Å². The first-order valence-electron chi connectivity index (χ1n) is 4.58. The van der Waals surface area contributed by atoms with Gasteiger partial charge in [-0.3, -0.25) is 4.99 Å². The van der Waals surface area contributed by atoms with Crippen molar-refractivity contribution in [1.82, 2.24) is 5.32 Å². The Labute approximate surface area is 105 Å². The summed E-state index contributed by atoms with van der Waals surface area (Å²) in [6.45, 7) is 1.39. The second-order valence-electron chi connectivity index (χ2n) is 3.22. The number of guanidine groups is 1. The predicted octanol–water partition coefficient (Wildman–Crippen LogP) is 2.19. The molecule has 0 bridgehead atoms. The predicted molar refractivity (Wildman–Crippen MR) is 67.4 cm³/mol. The molecule has 0 aromatic heterocycles. The molecule has 2 rings (SSSR count). The van der Waals surface area contributed by atoms with Gasteiger partial charge in [0, 0.05) is 11.0 Å². The molecule has 1 aliphatic rings. The lowest BCUT2D eigenvalue weighted by atomic mass is 10.2. The summed E-state index contributed by atoms with van der Waals surface area (Å²) in [5.41, 5.74) is 5.70. The summed E-state index contributed by atoms with van der Waals surface area (Å²) in [5, 5.41) is 5.98. The van der Waals surface area contributed by atoms with Gasteiger partial charge in [-0.05, 0) is 22.0 Å². The minimum atomic E-state index is -0.587. The zero-order valence-corrected chi connectivity index (χ0v) is 10.5. The third-order valence-corrected chi connectivity index (χ3v) is 3.08. The van der Waals surface area contributed by atoms with Gasteiger partial charge < -0.3 is 16.4 Å². The Hall–Kier alpha value is -1.01. The van der Waals surface area contributed by atoms with Gasteiger partial charge >= 0.3 is 0 Å². The maximum atomic E-state index is 13.8. The molecule has 0 aliphatic carbocycles. The summed E-state index contributed by atoms with van der Waals surface area (Å²) < 4.78 is 14.2. The van der Waals surface area contributed by atoms with Crippen molar-refractivity contribution in [2.24, 2.45) is 4.99 Å². The highest BCUT2D eigenvalue weighted by atomic mass is 79.9. The van der Waals surface area contributed by atoms with E-state index in [4.69, 9.17) is 17.3 Å². The number of halogens is 3. The van der Waals surface area contributed by atoms with E-state index in [2.05, 4.69) is 31.6 Å². The van der Waals surface area contributed by atoms with Crippen LogP contribution in [0.15, 0.2) is 15.5 Å². The fourth-order valence-corrected chi connectivity index (χ4v) is 2.09. The lowest BCUT2D eigenvalue weighted by Gasteiger charge is -2.12. The number of nitrogen functional groups attached to an aromatic ring is 1. The molecule has 1 aromatic rings. The van der Waals surface area contributed by atoms with Crippen LogP contribution in [0.3, 0.4) is 0 Å². The average Bonchev–Trinajstić information content (AvgIpc) is 2.74. The molecule has 4 N–H and O–H groups in total. The van der Waals surface area contributed by atoms with Crippen LogP contribution in [0.25, 0.3) is 0 Å². The second kappa shape index (κ2) is 4.47. The molecule has 16 heavy (non-hydrogen) atoms. The summed E-state index contributed by atoms with van der Waals surface area (Å²) in [6.07, 6.45) is 0. The molecule has 86 valence electrons. The third kappa shape index (κ3) is 2.08.